The van der Waals surface area contributed by atoms with Crippen molar-refractivity contribution in [1.82, 2.24) is 10.2 Å². The average Bonchev–Trinajstić information content (AvgIpc) is 2.78. The van der Waals surface area contributed by atoms with E-state index in [2.05, 4.69) is 5.32 Å². The summed E-state index contributed by atoms with van der Waals surface area (Å²) in [5, 5.41) is 3.04. The molecule has 1 N–H and O–H groups in total. The van der Waals surface area contributed by atoms with Crippen LogP contribution in [0.5, 0.6) is 11.5 Å². The minimum Gasteiger partial charge on any atom is -0.497 e. The first kappa shape index (κ1) is 21.7. The third kappa shape index (κ3) is 5.32. The Morgan fingerprint density at radius 3 is 2.47 bits per heavy atom. The van der Waals surface area contributed by atoms with Crippen LogP contribution in [0.4, 0.5) is 0 Å². The first-order valence-corrected chi connectivity index (χ1v) is 10.3. The van der Waals surface area contributed by atoms with Crippen molar-refractivity contribution in [3.05, 3.63) is 59.7 Å². The normalized spacial score (nSPS) is 18.6. The molecule has 1 fully saturated rings. The summed E-state index contributed by atoms with van der Waals surface area (Å²) >= 11 is 0. The van der Waals surface area contributed by atoms with Gasteiger partial charge in [-0.2, -0.15) is 0 Å². The van der Waals surface area contributed by atoms with Crippen LogP contribution in [0.25, 0.3) is 0 Å². The van der Waals surface area contributed by atoms with Gasteiger partial charge in [0.05, 0.1) is 26.1 Å². The molecule has 1 heterocycles. The first-order chi connectivity index (χ1) is 14.4. The number of likely N-dealkylation sites (tertiary alicyclic amines) is 1. The molecule has 0 unspecified atom stereocenters. The lowest BCUT2D eigenvalue weighted by Crippen LogP contribution is -2.52. The largest absolute Gasteiger partial charge is 0.497 e. The Morgan fingerprint density at radius 2 is 1.77 bits per heavy atom. The Balaban J connectivity index is 1.58. The van der Waals surface area contributed by atoms with Crippen LogP contribution in [0, 0.1) is 5.41 Å². The fourth-order valence-electron chi connectivity index (χ4n) is 3.85. The molecule has 30 heavy (non-hydrogen) atoms. The van der Waals surface area contributed by atoms with Crippen LogP contribution >= 0.6 is 0 Å². The van der Waals surface area contributed by atoms with Gasteiger partial charge in [0.25, 0.3) is 0 Å². The number of amides is 2. The van der Waals surface area contributed by atoms with E-state index in [1.807, 2.05) is 60.4 Å². The molecule has 1 atom stereocenters. The van der Waals surface area contributed by atoms with E-state index < -0.39 is 5.41 Å². The second kappa shape index (κ2) is 9.65. The number of hydrogen-bond donors (Lipinski definition) is 1. The topological polar surface area (TPSA) is 67.9 Å². The first-order valence-electron chi connectivity index (χ1n) is 10.3. The highest BCUT2D eigenvalue weighted by Gasteiger charge is 2.39. The molecular formula is C24H30N2O4. The average molecular weight is 411 g/mol. The summed E-state index contributed by atoms with van der Waals surface area (Å²) in [4.78, 5) is 27.6. The Kier molecular flexibility index (Phi) is 6.98. The zero-order valence-electron chi connectivity index (χ0n) is 17.9. The molecule has 0 bridgehead atoms. The van der Waals surface area contributed by atoms with Crippen LogP contribution in [0.3, 0.4) is 0 Å². The van der Waals surface area contributed by atoms with E-state index in [1.54, 1.807) is 14.2 Å². The van der Waals surface area contributed by atoms with Gasteiger partial charge in [0, 0.05) is 19.6 Å². The Labute approximate surface area is 178 Å². The van der Waals surface area contributed by atoms with Gasteiger partial charge in [-0.1, -0.05) is 24.3 Å². The number of rotatable bonds is 7. The number of hydrogen-bond acceptors (Lipinski definition) is 4. The molecule has 6 nitrogen and oxygen atoms in total. The summed E-state index contributed by atoms with van der Waals surface area (Å²) in [7, 11) is 3.24. The predicted molar refractivity (Wildman–Crippen MR) is 115 cm³/mol. The highest BCUT2D eigenvalue weighted by Crippen LogP contribution is 2.30. The van der Waals surface area contributed by atoms with Gasteiger partial charge in [-0.15, -0.1) is 0 Å². The molecule has 1 saturated heterocycles. The third-order valence-electron chi connectivity index (χ3n) is 5.70. The molecule has 0 radical (unpaired) electrons. The van der Waals surface area contributed by atoms with E-state index in [0.29, 0.717) is 26.1 Å². The van der Waals surface area contributed by atoms with Gasteiger partial charge < -0.3 is 19.7 Å². The summed E-state index contributed by atoms with van der Waals surface area (Å²) in [5.74, 6) is 1.56. The van der Waals surface area contributed by atoms with Gasteiger partial charge in [-0.05, 0) is 55.2 Å². The lowest BCUT2D eigenvalue weighted by molar-refractivity contribution is -0.140. The molecule has 0 saturated carbocycles. The predicted octanol–water partition coefficient (Wildman–Crippen LogP) is 3.19. The van der Waals surface area contributed by atoms with Gasteiger partial charge >= 0.3 is 0 Å². The summed E-state index contributed by atoms with van der Waals surface area (Å²) in [6.45, 7) is 3.51. The molecule has 160 valence electrons. The van der Waals surface area contributed by atoms with Crippen molar-refractivity contribution < 1.29 is 19.1 Å². The van der Waals surface area contributed by atoms with E-state index in [1.165, 1.54) is 0 Å². The van der Waals surface area contributed by atoms with Crippen LogP contribution in [-0.2, 0) is 22.6 Å². The highest BCUT2D eigenvalue weighted by atomic mass is 16.5. The van der Waals surface area contributed by atoms with E-state index >= 15 is 0 Å². The Bertz CT molecular complexity index is 881. The molecule has 0 spiro atoms. The number of carbonyl (C=O) groups is 2. The molecule has 2 aromatic rings. The number of piperidine rings is 1. The standard InChI is InChI=1S/C24H30N2O4/c1-24(23(28)25-16-19-6-4-7-21(14-19)30-3)12-5-13-26(17-24)22(27)15-18-8-10-20(29-2)11-9-18/h4,6-11,14H,5,12-13,15-17H2,1-3H3,(H,25,28)/t24-/m0/s1. The second-order valence-electron chi connectivity index (χ2n) is 8.04. The molecular weight excluding hydrogens is 380 g/mol. The van der Waals surface area contributed by atoms with Gasteiger partial charge in [-0.3, -0.25) is 9.59 Å². The van der Waals surface area contributed by atoms with Crippen molar-refractivity contribution in [2.24, 2.45) is 5.41 Å². The number of ether oxygens (including phenoxy) is 2. The maximum Gasteiger partial charge on any atom is 0.227 e. The second-order valence-corrected chi connectivity index (χ2v) is 8.04. The fourth-order valence-corrected chi connectivity index (χ4v) is 3.85. The maximum atomic E-state index is 13.0. The molecule has 2 aromatic carbocycles. The Hall–Kier alpha value is -3.02. The lowest BCUT2D eigenvalue weighted by atomic mass is 9.80. The summed E-state index contributed by atoms with van der Waals surface area (Å²) < 4.78 is 10.4. The molecule has 1 aliphatic heterocycles. The monoisotopic (exact) mass is 410 g/mol. The van der Waals surface area contributed by atoms with Gasteiger partial charge in [0.1, 0.15) is 11.5 Å². The van der Waals surface area contributed by atoms with E-state index in [9.17, 15) is 9.59 Å². The number of carbonyl (C=O) groups excluding carboxylic acids is 2. The van der Waals surface area contributed by atoms with Crippen molar-refractivity contribution in [2.45, 2.75) is 32.7 Å². The van der Waals surface area contributed by atoms with Crippen LogP contribution in [0.2, 0.25) is 0 Å². The molecule has 3 rings (SSSR count). The summed E-state index contributed by atoms with van der Waals surface area (Å²) in [6, 6.07) is 15.2. The molecule has 2 amide bonds. The number of nitrogens with zero attached hydrogens (tertiary/aromatic N) is 1. The van der Waals surface area contributed by atoms with Crippen molar-refractivity contribution >= 4 is 11.8 Å². The van der Waals surface area contributed by atoms with E-state index in [4.69, 9.17) is 9.47 Å². The van der Waals surface area contributed by atoms with Crippen molar-refractivity contribution in [3.63, 3.8) is 0 Å². The van der Waals surface area contributed by atoms with E-state index in [-0.39, 0.29) is 11.8 Å². The van der Waals surface area contributed by atoms with Crippen LogP contribution in [0.15, 0.2) is 48.5 Å². The summed E-state index contributed by atoms with van der Waals surface area (Å²) in [5.41, 5.74) is 1.33. The zero-order chi connectivity index (χ0) is 21.6. The van der Waals surface area contributed by atoms with Crippen molar-refractivity contribution in [3.8, 4) is 11.5 Å². The molecule has 0 aliphatic carbocycles. The van der Waals surface area contributed by atoms with Crippen LogP contribution in [0.1, 0.15) is 30.9 Å². The van der Waals surface area contributed by atoms with Crippen molar-refractivity contribution in [1.29, 1.82) is 0 Å². The molecule has 1 aliphatic rings. The highest BCUT2D eigenvalue weighted by molar-refractivity contribution is 5.84. The van der Waals surface area contributed by atoms with Gasteiger partial charge in [0.2, 0.25) is 11.8 Å². The minimum absolute atomic E-state index is 0.0210. The van der Waals surface area contributed by atoms with E-state index in [0.717, 1.165) is 35.5 Å². The van der Waals surface area contributed by atoms with Gasteiger partial charge in [-0.25, -0.2) is 0 Å². The fraction of sp³-hybridized carbons (Fsp3) is 0.417. The third-order valence-corrected chi connectivity index (χ3v) is 5.70. The quantitative estimate of drug-likeness (QED) is 0.761. The molecule has 0 aromatic heterocycles. The SMILES string of the molecule is COc1ccc(CC(=O)N2CCC[C@](C)(C(=O)NCc3cccc(OC)c3)C2)cc1. The summed E-state index contributed by atoms with van der Waals surface area (Å²) in [6.07, 6.45) is 1.91. The van der Waals surface area contributed by atoms with Crippen molar-refractivity contribution in [2.75, 3.05) is 27.3 Å². The minimum atomic E-state index is -0.591. The number of nitrogens with one attached hydrogen (secondary N) is 1. The lowest BCUT2D eigenvalue weighted by Gasteiger charge is -2.39. The Morgan fingerprint density at radius 1 is 1.03 bits per heavy atom. The maximum absolute atomic E-state index is 13.0. The molecule has 6 heteroatoms. The van der Waals surface area contributed by atoms with Crippen LogP contribution < -0.4 is 14.8 Å². The van der Waals surface area contributed by atoms with Crippen LogP contribution in [-0.4, -0.2) is 44.0 Å². The number of methoxy groups -OCH3 is 2. The van der Waals surface area contributed by atoms with Gasteiger partial charge in [0.15, 0.2) is 0 Å². The zero-order valence-corrected chi connectivity index (χ0v) is 17.9. The smallest absolute Gasteiger partial charge is 0.227 e. The number of benzene rings is 2.